The Labute approximate surface area is 752 Å². The molecule has 2 aliphatic heterocycles. The first-order chi connectivity index (χ1) is 60.5. The molecule has 45 heteroatoms. The first-order valence-corrected chi connectivity index (χ1v) is 44.2. The third-order valence-electron chi connectivity index (χ3n) is 21.8. The van der Waals surface area contributed by atoms with Gasteiger partial charge in [-0.15, -0.1) is 0 Å². The van der Waals surface area contributed by atoms with Gasteiger partial charge in [-0.2, -0.15) is 0 Å². The lowest BCUT2D eigenvalue weighted by atomic mass is 9.99. The van der Waals surface area contributed by atoms with Crippen molar-refractivity contribution in [3.8, 4) is 5.75 Å². The van der Waals surface area contributed by atoms with Crippen LogP contribution in [-0.4, -0.2) is 301 Å². The number of nitrogens with one attached hydrogen (secondary N) is 13. The van der Waals surface area contributed by atoms with Gasteiger partial charge in [-0.25, -0.2) is 4.79 Å². The number of aromatic hydroxyl groups is 1. The molecule has 728 valence electrons. The van der Waals surface area contributed by atoms with Crippen LogP contribution in [-0.2, 0) is 87.9 Å². The molecule has 2 aliphatic rings. The number of carbonyl (C=O) groups is 17. The number of aliphatic hydroxyl groups excluding tert-OH is 4. The van der Waals surface area contributed by atoms with Gasteiger partial charge in [0.05, 0.1) is 31.0 Å². The second-order valence-corrected chi connectivity index (χ2v) is 35.0. The summed E-state index contributed by atoms with van der Waals surface area (Å²) in [6.45, 7) is 19.2. The number of likely N-dealkylation sites (tertiary alicyclic amines) is 2. The average molecular weight is 1830 g/mol. The lowest BCUT2D eigenvalue weighted by Crippen LogP contribution is -2.63. The number of hydrogen-bond acceptors (Lipinski definition) is 26. The highest BCUT2D eigenvalue weighted by atomic mass is 16.4. The standard InChI is InChI=1S/C84H144N22O23/c1-41(2)37-51(87)68(113)99-62(43(5)6)77(122)94-54(23-18-34-91-84(89)90)70(115)96-56(39-49-26-28-50(111)29-27-49)73(118)102-65(46(11)108)79(124)95-52(21-14-16-32-85)69(114)92-53(22-15-17-33-86)71(116)101-64(45(9)10)81(126)105-35-19-24-59(105)75(120)93-55(30-31-61(88)112)72(117)100-63(44(7)8)78(123)98-58(40-107)74(119)104-67(48(13)110)82(127)106-36-20-25-60(106)76(121)103-66(47(12)109)80(125)97-57(83(128)129)38-42(3)4/h26-29,41-48,51-60,62-67,107-111H,14-25,30-40,85-87H2,1-13H3,(H2,88,112)(H,92,114)(H,93,120)(H,94,122)(H,95,124)(H,96,115)(H,97,125)(H,98,123)(H,99,113)(H,100,117)(H,101,116)(H,102,118)(H,103,121)(H,104,119)(H,128,129)(H4,89,90,91)/t46-,47-,48-,51+,52+,53+,54+,55+,56+,57+,58+,59+,60+,62+,63+,64+,65+,66+,67+/m1/s1. The Morgan fingerprint density at radius 2 is 0.767 bits per heavy atom. The number of unbranched alkanes of at least 4 members (excludes halogenated alkanes) is 2. The van der Waals surface area contributed by atoms with E-state index >= 15 is 0 Å². The topological polar surface area (TPSA) is 743 Å². The summed E-state index contributed by atoms with van der Waals surface area (Å²) in [7, 11) is 0. The molecule has 0 aromatic heterocycles. The van der Waals surface area contributed by atoms with E-state index in [0.29, 0.717) is 24.8 Å². The number of primary amides is 1. The fraction of sp³-hybridized carbons (Fsp3) is 0.714. The zero-order valence-electron chi connectivity index (χ0n) is 76.4. The summed E-state index contributed by atoms with van der Waals surface area (Å²) in [5.41, 5.74) is 34.9. The summed E-state index contributed by atoms with van der Waals surface area (Å²) in [5, 5.41) is 96.0. The predicted molar refractivity (Wildman–Crippen MR) is 472 cm³/mol. The number of guanidine groups is 1. The van der Waals surface area contributed by atoms with E-state index in [2.05, 4.69) is 74.1 Å². The largest absolute Gasteiger partial charge is 0.508 e. The number of aliphatic carboxylic acids is 1. The van der Waals surface area contributed by atoms with Crippen LogP contribution in [0.2, 0.25) is 0 Å². The van der Waals surface area contributed by atoms with Crippen LogP contribution in [0, 0.1) is 29.6 Å². The van der Waals surface area contributed by atoms with Gasteiger partial charge in [0.25, 0.3) is 0 Å². The van der Waals surface area contributed by atoms with Crippen molar-refractivity contribution in [3.05, 3.63) is 29.8 Å². The lowest BCUT2D eigenvalue weighted by molar-refractivity contribution is -0.146. The smallest absolute Gasteiger partial charge is 0.326 e. The Hall–Kier alpha value is -11.0. The van der Waals surface area contributed by atoms with E-state index in [0.717, 1.165) is 11.8 Å². The molecular weight excluding hydrogens is 1690 g/mol. The fourth-order valence-electron chi connectivity index (χ4n) is 14.6. The number of carboxylic acid groups (broad SMARTS) is 1. The molecule has 0 spiro atoms. The molecule has 1 aromatic carbocycles. The second kappa shape index (κ2) is 55.8. The molecule has 2 saturated heterocycles. The van der Waals surface area contributed by atoms with Crippen LogP contribution in [0.25, 0.3) is 0 Å². The maximum Gasteiger partial charge on any atom is 0.326 e. The number of amides is 16. The van der Waals surface area contributed by atoms with Gasteiger partial charge >= 0.3 is 5.97 Å². The molecule has 16 amide bonds. The van der Waals surface area contributed by atoms with E-state index in [-0.39, 0.29) is 133 Å². The first kappa shape index (κ1) is 112. The van der Waals surface area contributed by atoms with E-state index in [1.807, 2.05) is 13.8 Å². The molecule has 0 bridgehead atoms. The normalized spacial score (nSPS) is 17.8. The molecule has 2 heterocycles. The van der Waals surface area contributed by atoms with Crippen molar-refractivity contribution in [1.29, 1.82) is 0 Å². The first-order valence-electron chi connectivity index (χ1n) is 44.2. The van der Waals surface area contributed by atoms with Gasteiger partial charge in [-0.05, 0) is 177 Å². The van der Waals surface area contributed by atoms with Crippen molar-refractivity contribution >= 4 is 106 Å². The van der Waals surface area contributed by atoms with Gasteiger partial charge in [-0.3, -0.25) is 81.7 Å². The summed E-state index contributed by atoms with van der Waals surface area (Å²) in [6, 6.07) is -18.6. The van der Waals surface area contributed by atoms with Crippen LogP contribution in [0.5, 0.6) is 5.75 Å². The van der Waals surface area contributed by atoms with E-state index in [1.165, 1.54) is 56.9 Å². The molecule has 0 radical (unpaired) electrons. The van der Waals surface area contributed by atoms with Crippen molar-refractivity contribution in [2.75, 3.05) is 39.3 Å². The number of nitrogens with zero attached hydrogens (tertiary/aromatic N) is 3. The van der Waals surface area contributed by atoms with Crippen molar-refractivity contribution in [2.24, 2.45) is 69.0 Å². The Morgan fingerprint density at radius 1 is 0.411 bits per heavy atom. The number of rotatable bonds is 57. The van der Waals surface area contributed by atoms with Crippen molar-refractivity contribution in [1.82, 2.24) is 78.9 Å². The van der Waals surface area contributed by atoms with Gasteiger partial charge in [0, 0.05) is 32.5 Å². The number of phenolic OH excluding ortho intramolecular Hbond substituents is 1. The minimum atomic E-state index is -1.89. The summed E-state index contributed by atoms with van der Waals surface area (Å²) < 4.78 is 0. The number of phenols is 1. The highest BCUT2D eigenvalue weighted by molar-refractivity contribution is 6.01. The highest BCUT2D eigenvalue weighted by Crippen LogP contribution is 2.25. The lowest BCUT2D eigenvalue weighted by Gasteiger charge is -2.33. The van der Waals surface area contributed by atoms with Crippen molar-refractivity contribution in [3.63, 3.8) is 0 Å². The molecule has 0 saturated carbocycles. The molecule has 129 heavy (non-hydrogen) atoms. The van der Waals surface area contributed by atoms with Crippen LogP contribution in [0.1, 0.15) is 198 Å². The number of benzene rings is 1. The quantitative estimate of drug-likeness (QED) is 0.0164. The average Bonchev–Trinajstić information content (AvgIpc) is 1.73. The third-order valence-corrected chi connectivity index (χ3v) is 21.8. The Morgan fingerprint density at radius 3 is 1.19 bits per heavy atom. The second-order valence-electron chi connectivity index (χ2n) is 35.0. The van der Waals surface area contributed by atoms with Gasteiger partial charge in [-0.1, -0.05) is 81.4 Å². The van der Waals surface area contributed by atoms with E-state index in [1.54, 1.807) is 41.5 Å². The van der Waals surface area contributed by atoms with Gasteiger partial charge < -0.3 is 144 Å². The number of nitrogens with two attached hydrogens (primary N) is 6. The van der Waals surface area contributed by atoms with Crippen LogP contribution in [0.15, 0.2) is 29.3 Å². The minimum Gasteiger partial charge on any atom is -0.508 e. The van der Waals surface area contributed by atoms with E-state index in [4.69, 9.17) is 34.4 Å². The van der Waals surface area contributed by atoms with E-state index in [9.17, 15) is 112 Å². The van der Waals surface area contributed by atoms with E-state index < -0.39 is 253 Å². The van der Waals surface area contributed by atoms with Crippen LogP contribution >= 0.6 is 0 Å². The maximum atomic E-state index is 14.9. The highest BCUT2D eigenvalue weighted by Gasteiger charge is 2.46. The molecule has 1 aromatic rings. The molecule has 0 unspecified atom stereocenters. The van der Waals surface area contributed by atoms with Crippen LogP contribution < -0.4 is 104 Å². The maximum absolute atomic E-state index is 14.9. The van der Waals surface area contributed by atoms with Crippen molar-refractivity contribution < 1.29 is 112 Å². The Kier molecular flexibility index (Phi) is 48.5. The molecule has 2 fully saturated rings. The molecule has 31 N–H and O–H groups in total. The SMILES string of the molecule is CC(C)C[C@H](NC(=O)[C@@H](NC(=O)[C@@H]1CCCN1C(=O)[C@@H](NC(=O)[C@H](CO)NC(=O)[C@@H](NC(=O)[C@H](CCC(N)=O)NC(=O)[C@@H]1CCCN1C(=O)[C@@H](NC(=O)[C@H](CCCCN)NC(=O)[C@H](CCCCN)NC(=O)[C@@H](NC(=O)[C@H](Cc1ccc(O)cc1)NC(=O)[C@H](CCCN=C(N)N)NC(=O)[C@@H](NC(=O)[C@@H](N)CC(C)C)C(C)C)[C@@H](C)O)C(C)C)C(C)C)[C@@H](C)O)[C@@H](C)O)C(=O)O. The Balaban J connectivity index is 1.91. The minimum absolute atomic E-state index is 0.00180. The summed E-state index contributed by atoms with van der Waals surface area (Å²) in [6.07, 6.45) is -4.59. The summed E-state index contributed by atoms with van der Waals surface area (Å²) in [4.78, 5) is 245. The number of carboxylic acids is 1. The molecule has 45 nitrogen and oxygen atoms in total. The van der Waals surface area contributed by atoms with Gasteiger partial charge in [0.1, 0.15) is 96.4 Å². The predicted octanol–water partition coefficient (Wildman–Crippen LogP) is -6.60. The van der Waals surface area contributed by atoms with Gasteiger partial charge in [0.2, 0.25) is 94.5 Å². The van der Waals surface area contributed by atoms with Crippen LogP contribution in [0.4, 0.5) is 0 Å². The molecule has 3 rings (SSSR count). The van der Waals surface area contributed by atoms with Crippen LogP contribution in [0.3, 0.4) is 0 Å². The monoisotopic (exact) mass is 1830 g/mol. The third kappa shape index (κ3) is 37.5. The molecular formula is C84H144N22O23. The number of aliphatic imine (C=N–C) groups is 1. The molecule has 0 aliphatic carbocycles. The summed E-state index contributed by atoms with van der Waals surface area (Å²) in [5.74, 6) is -19.2. The Bertz CT molecular complexity index is 3940. The zero-order valence-corrected chi connectivity index (χ0v) is 76.4. The van der Waals surface area contributed by atoms with Crippen molar-refractivity contribution in [2.45, 2.75) is 314 Å². The number of carbonyl (C=O) groups excluding carboxylic acids is 16. The fourth-order valence-corrected chi connectivity index (χ4v) is 14.6. The molecule has 19 atom stereocenters. The summed E-state index contributed by atoms with van der Waals surface area (Å²) >= 11 is 0. The number of aliphatic hydroxyl groups is 4. The van der Waals surface area contributed by atoms with Gasteiger partial charge in [0.15, 0.2) is 5.96 Å². The number of hydrogen-bond donors (Lipinski definition) is 25. The zero-order chi connectivity index (χ0) is 97.5.